The summed E-state index contributed by atoms with van der Waals surface area (Å²) in [5, 5.41) is 1.03. The number of para-hydroxylation sites is 1. The summed E-state index contributed by atoms with van der Waals surface area (Å²) in [6.45, 7) is 0.422. The van der Waals surface area contributed by atoms with Gasteiger partial charge < -0.3 is 10.3 Å². The molecule has 0 saturated heterocycles. The van der Waals surface area contributed by atoms with Crippen molar-refractivity contribution in [2.45, 2.75) is 6.54 Å². The van der Waals surface area contributed by atoms with E-state index in [-0.39, 0.29) is 5.56 Å². The van der Waals surface area contributed by atoms with E-state index in [0.29, 0.717) is 12.2 Å². The van der Waals surface area contributed by atoms with Crippen LogP contribution >= 0.6 is 0 Å². The number of anilines is 1. The van der Waals surface area contributed by atoms with E-state index in [4.69, 9.17) is 5.73 Å². The Balaban J connectivity index is 2.14. The SMILES string of the molecule is Nc1ccnc(Cn2c(=O)ccc3ccccc32)c1. The molecule has 0 aliphatic rings. The van der Waals surface area contributed by atoms with Gasteiger partial charge in [0.2, 0.25) is 0 Å². The van der Waals surface area contributed by atoms with Gasteiger partial charge in [-0.1, -0.05) is 18.2 Å². The Morgan fingerprint density at radius 3 is 2.79 bits per heavy atom. The van der Waals surface area contributed by atoms with E-state index in [1.807, 2.05) is 30.3 Å². The van der Waals surface area contributed by atoms with Gasteiger partial charge in [0.25, 0.3) is 5.56 Å². The third-order valence-corrected chi connectivity index (χ3v) is 3.06. The first-order chi connectivity index (χ1) is 9.24. The minimum Gasteiger partial charge on any atom is -0.399 e. The number of hydrogen-bond donors (Lipinski definition) is 1. The summed E-state index contributed by atoms with van der Waals surface area (Å²) in [6.07, 6.45) is 1.65. The van der Waals surface area contributed by atoms with Crippen molar-refractivity contribution < 1.29 is 0 Å². The lowest BCUT2D eigenvalue weighted by Crippen LogP contribution is -2.20. The lowest BCUT2D eigenvalue weighted by Gasteiger charge is -2.09. The number of nitrogens with zero attached hydrogens (tertiary/aromatic N) is 2. The minimum atomic E-state index is -0.0390. The van der Waals surface area contributed by atoms with Crippen molar-refractivity contribution in [3.8, 4) is 0 Å². The molecule has 0 unspecified atom stereocenters. The fourth-order valence-electron chi connectivity index (χ4n) is 2.15. The smallest absolute Gasteiger partial charge is 0.251 e. The molecule has 0 amide bonds. The van der Waals surface area contributed by atoms with Gasteiger partial charge in [0.1, 0.15) is 0 Å². The molecule has 4 heteroatoms. The van der Waals surface area contributed by atoms with Crippen LogP contribution in [0.25, 0.3) is 10.9 Å². The molecule has 3 rings (SSSR count). The molecular weight excluding hydrogens is 238 g/mol. The second kappa shape index (κ2) is 4.57. The molecule has 0 radical (unpaired) electrons. The van der Waals surface area contributed by atoms with Gasteiger partial charge in [-0.05, 0) is 29.7 Å². The molecule has 3 aromatic rings. The first-order valence-corrected chi connectivity index (χ1v) is 6.03. The predicted molar refractivity (Wildman–Crippen MR) is 76.0 cm³/mol. The van der Waals surface area contributed by atoms with Crippen molar-refractivity contribution in [1.82, 2.24) is 9.55 Å². The summed E-state index contributed by atoms with van der Waals surface area (Å²) >= 11 is 0. The van der Waals surface area contributed by atoms with E-state index in [9.17, 15) is 4.79 Å². The summed E-state index contributed by atoms with van der Waals surface area (Å²) in [7, 11) is 0. The van der Waals surface area contributed by atoms with E-state index < -0.39 is 0 Å². The van der Waals surface area contributed by atoms with Crippen molar-refractivity contribution in [2.24, 2.45) is 0 Å². The number of pyridine rings is 2. The van der Waals surface area contributed by atoms with E-state index in [2.05, 4.69) is 4.98 Å². The Labute approximate surface area is 110 Å². The average molecular weight is 251 g/mol. The third-order valence-electron chi connectivity index (χ3n) is 3.06. The Morgan fingerprint density at radius 1 is 1.11 bits per heavy atom. The summed E-state index contributed by atoms with van der Waals surface area (Å²) in [6, 6.07) is 14.7. The maximum absolute atomic E-state index is 12.0. The molecular formula is C15H13N3O. The highest BCUT2D eigenvalue weighted by molar-refractivity contribution is 5.78. The molecule has 0 aliphatic carbocycles. The Hall–Kier alpha value is -2.62. The fraction of sp³-hybridized carbons (Fsp3) is 0.0667. The summed E-state index contributed by atoms with van der Waals surface area (Å²) in [5.74, 6) is 0. The van der Waals surface area contributed by atoms with Crippen LogP contribution in [0.4, 0.5) is 5.69 Å². The van der Waals surface area contributed by atoms with Gasteiger partial charge >= 0.3 is 0 Å². The zero-order valence-corrected chi connectivity index (χ0v) is 10.3. The molecule has 2 heterocycles. The second-order valence-corrected chi connectivity index (χ2v) is 4.40. The van der Waals surface area contributed by atoms with Gasteiger partial charge in [-0.2, -0.15) is 0 Å². The number of benzene rings is 1. The van der Waals surface area contributed by atoms with Crippen LogP contribution in [0.2, 0.25) is 0 Å². The number of nitrogen functional groups attached to an aromatic ring is 1. The van der Waals surface area contributed by atoms with Gasteiger partial charge in [0.05, 0.1) is 17.8 Å². The monoisotopic (exact) mass is 251 g/mol. The van der Waals surface area contributed by atoms with Gasteiger partial charge in [-0.15, -0.1) is 0 Å². The molecule has 0 saturated carbocycles. The average Bonchev–Trinajstić information content (AvgIpc) is 2.42. The molecule has 0 bridgehead atoms. The first-order valence-electron chi connectivity index (χ1n) is 6.03. The third kappa shape index (κ3) is 2.20. The first kappa shape index (κ1) is 11.5. The summed E-state index contributed by atoms with van der Waals surface area (Å²) < 4.78 is 1.71. The van der Waals surface area contributed by atoms with Gasteiger partial charge in [-0.25, -0.2) is 0 Å². The highest BCUT2D eigenvalue weighted by Gasteiger charge is 2.04. The normalized spacial score (nSPS) is 10.7. The van der Waals surface area contributed by atoms with Crippen LogP contribution in [0.3, 0.4) is 0 Å². The number of hydrogen-bond acceptors (Lipinski definition) is 3. The lowest BCUT2D eigenvalue weighted by atomic mass is 10.2. The Kier molecular flexibility index (Phi) is 2.76. The molecule has 0 atom stereocenters. The molecule has 0 fully saturated rings. The Morgan fingerprint density at radius 2 is 1.95 bits per heavy atom. The van der Waals surface area contributed by atoms with Crippen LogP contribution in [0.5, 0.6) is 0 Å². The molecule has 0 aliphatic heterocycles. The molecule has 0 spiro atoms. The highest BCUT2D eigenvalue weighted by atomic mass is 16.1. The number of rotatable bonds is 2. The molecule has 2 aromatic heterocycles. The van der Waals surface area contributed by atoms with E-state index in [0.717, 1.165) is 16.6 Å². The van der Waals surface area contributed by atoms with Crippen LogP contribution in [0.1, 0.15) is 5.69 Å². The van der Waals surface area contributed by atoms with Crippen LogP contribution in [0, 0.1) is 0 Å². The molecule has 2 N–H and O–H groups in total. The quantitative estimate of drug-likeness (QED) is 0.758. The molecule has 1 aromatic carbocycles. The van der Waals surface area contributed by atoms with E-state index >= 15 is 0 Å². The fourth-order valence-corrected chi connectivity index (χ4v) is 2.15. The molecule has 94 valence electrons. The lowest BCUT2D eigenvalue weighted by molar-refractivity contribution is 0.772. The topological polar surface area (TPSA) is 60.9 Å². The van der Waals surface area contributed by atoms with Crippen molar-refractivity contribution in [3.63, 3.8) is 0 Å². The molecule has 19 heavy (non-hydrogen) atoms. The van der Waals surface area contributed by atoms with Gasteiger partial charge in [0.15, 0.2) is 0 Å². The van der Waals surface area contributed by atoms with Crippen LogP contribution < -0.4 is 11.3 Å². The highest BCUT2D eigenvalue weighted by Crippen LogP contribution is 2.12. The van der Waals surface area contributed by atoms with Crippen molar-refractivity contribution >= 4 is 16.6 Å². The number of nitrogens with two attached hydrogens (primary N) is 1. The minimum absolute atomic E-state index is 0.0390. The predicted octanol–water partition coefficient (Wildman–Crippen LogP) is 2.03. The largest absolute Gasteiger partial charge is 0.399 e. The maximum Gasteiger partial charge on any atom is 0.251 e. The standard InChI is InChI=1S/C15H13N3O/c16-12-7-8-17-13(9-12)10-18-14-4-2-1-3-11(14)5-6-15(18)19/h1-9H,10H2,(H2,16,17). The number of fused-ring (bicyclic) bond motifs is 1. The molecule has 4 nitrogen and oxygen atoms in total. The van der Waals surface area contributed by atoms with Crippen molar-refractivity contribution in [3.05, 3.63) is 70.8 Å². The van der Waals surface area contributed by atoms with E-state index in [1.165, 1.54) is 0 Å². The van der Waals surface area contributed by atoms with Crippen LogP contribution in [0.15, 0.2) is 59.5 Å². The summed E-state index contributed by atoms with van der Waals surface area (Å²) in [5.41, 5.74) is 8.03. The second-order valence-electron chi connectivity index (χ2n) is 4.40. The van der Waals surface area contributed by atoms with Crippen LogP contribution in [-0.2, 0) is 6.54 Å². The van der Waals surface area contributed by atoms with Gasteiger partial charge in [0, 0.05) is 18.0 Å². The summed E-state index contributed by atoms with van der Waals surface area (Å²) in [4.78, 5) is 16.3. The van der Waals surface area contributed by atoms with Gasteiger partial charge in [-0.3, -0.25) is 9.78 Å². The zero-order chi connectivity index (χ0) is 13.2. The number of aromatic nitrogens is 2. The van der Waals surface area contributed by atoms with Crippen molar-refractivity contribution in [1.29, 1.82) is 0 Å². The zero-order valence-electron chi connectivity index (χ0n) is 10.3. The van der Waals surface area contributed by atoms with E-state index in [1.54, 1.807) is 29.0 Å². The van der Waals surface area contributed by atoms with Crippen LogP contribution in [-0.4, -0.2) is 9.55 Å². The Bertz CT molecular complexity index is 792. The maximum atomic E-state index is 12.0. The van der Waals surface area contributed by atoms with Crippen molar-refractivity contribution in [2.75, 3.05) is 5.73 Å².